The van der Waals surface area contributed by atoms with E-state index < -0.39 is 0 Å². The number of benzene rings is 1. The molecule has 0 unspecified atom stereocenters. The summed E-state index contributed by atoms with van der Waals surface area (Å²) in [6.07, 6.45) is 6.74. The highest BCUT2D eigenvalue weighted by atomic mass is 16.5. The number of fused-ring (bicyclic) bond motifs is 1. The first kappa shape index (κ1) is 18.5. The van der Waals surface area contributed by atoms with Gasteiger partial charge in [0.25, 0.3) is 0 Å². The second kappa shape index (κ2) is 7.66. The molecular formula is C21H27N5O2. The van der Waals surface area contributed by atoms with Crippen molar-refractivity contribution in [3.63, 3.8) is 0 Å². The van der Waals surface area contributed by atoms with Gasteiger partial charge in [0.2, 0.25) is 5.95 Å². The molecule has 1 aliphatic carbocycles. The van der Waals surface area contributed by atoms with Gasteiger partial charge in [-0.25, -0.2) is 9.97 Å². The zero-order valence-corrected chi connectivity index (χ0v) is 16.7. The molecule has 0 bridgehead atoms. The van der Waals surface area contributed by atoms with E-state index in [9.17, 15) is 0 Å². The average molecular weight is 381 g/mol. The molecule has 2 heterocycles. The maximum atomic E-state index is 6.22. The number of hydrogen-bond donors (Lipinski definition) is 1. The molecule has 0 amide bonds. The maximum absolute atomic E-state index is 6.22. The van der Waals surface area contributed by atoms with Crippen LogP contribution in [0.1, 0.15) is 56.7 Å². The minimum atomic E-state index is 0.226. The van der Waals surface area contributed by atoms with Crippen molar-refractivity contribution < 1.29 is 9.47 Å². The van der Waals surface area contributed by atoms with E-state index >= 15 is 0 Å². The molecule has 2 aromatic heterocycles. The lowest BCUT2D eigenvalue weighted by molar-refractivity contribution is 0.200. The summed E-state index contributed by atoms with van der Waals surface area (Å²) < 4.78 is 13.7. The quantitative estimate of drug-likeness (QED) is 0.696. The Hall–Kier alpha value is -2.83. The lowest BCUT2D eigenvalue weighted by Crippen LogP contribution is -2.12. The fourth-order valence-corrected chi connectivity index (χ4v) is 3.80. The molecule has 4 rings (SSSR count). The molecule has 0 radical (unpaired) electrons. The predicted octanol–water partition coefficient (Wildman–Crippen LogP) is 3.91. The van der Waals surface area contributed by atoms with Crippen LogP contribution in [0.2, 0.25) is 0 Å². The van der Waals surface area contributed by atoms with Crippen molar-refractivity contribution in [3.8, 4) is 11.5 Å². The van der Waals surface area contributed by atoms with E-state index in [2.05, 4.69) is 34.9 Å². The van der Waals surface area contributed by atoms with Crippen LogP contribution in [0.5, 0.6) is 11.5 Å². The minimum Gasteiger partial charge on any atom is -0.493 e. The summed E-state index contributed by atoms with van der Waals surface area (Å²) in [5.74, 6) is 2.06. The number of aromatic nitrogens is 4. The molecular weight excluding hydrogens is 354 g/mol. The van der Waals surface area contributed by atoms with E-state index in [1.807, 2.05) is 16.7 Å². The fraction of sp³-hybridized carbons (Fsp3) is 0.476. The topological polar surface area (TPSA) is 88.1 Å². The SMILES string of the molecule is COc1ccc(Cn2cnc3c(C(C)C)nc(N)nc32)cc1OC1CCCC1. The first-order valence-electron chi connectivity index (χ1n) is 9.87. The molecule has 1 fully saturated rings. The molecule has 2 N–H and O–H groups in total. The minimum absolute atomic E-state index is 0.226. The highest BCUT2D eigenvalue weighted by Gasteiger charge is 2.19. The van der Waals surface area contributed by atoms with E-state index in [-0.39, 0.29) is 18.0 Å². The number of hydrogen-bond acceptors (Lipinski definition) is 6. The van der Waals surface area contributed by atoms with Gasteiger partial charge in [0.15, 0.2) is 17.1 Å². The summed E-state index contributed by atoms with van der Waals surface area (Å²) in [5.41, 5.74) is 9.47. The van der Waals surface area contributed by atoms with E-state index in [1.54, 1.807) is 13.4 Å². The van der Waals surface area contributed by atoms with Crippen molar-refractivity contribution in [2.75, 3.05) is 12.8 Å². The number of ether oxygens (including phenoxy) is 2. The van der Waals surface area contributed by atoms with E-state index in [4.69, 9.17) is 15.2 Å². The molecule has 1 aromatic carbocycles. The van der Waals surface area contributed by atoms with Gasteiger partial charge >= 0.3 is 0 Å². The van der Waals surface area contributed by atoms with Crippen molar-refractivity contribution >= 4 is 17.1 Å². The van der Waals surface area contributed by atoms with Gasteiger partial charge < -0.3 is 19.8 Å². The van der Waals surface area contributed by atoms with Gasteiger partial charge in [-0.1, -0.05) is 19.9 Å². The van der Waals surface area contributed by atoms with Gasteiger partial charge in [-0.3, -0.25) is 0 Å². The molecule has 7 heteroatoms. The number of rotatable bonds is 6. The number of nitrogens with two attached hydrogens (primary N) is 1. The lowest BCUT2D eigenvalue weighted by atomic mass is 10.1. The Morgan fingerprint density at radius 1 is 1.18 bits per heavy atom. The highest BCUT2D eigenvalue weighted by Crippen LogP contribution is 2.33. The van der Waals surface area contributed by atoms with Gasteiger partial charge in [-0.2, -0.15) is 4.98 Å². The van der Waals surface area contributed by atoms with Gasteiger partial charge in [0.05, 0.1) is 31.8 Å². The summed E-state index contributed by atoms with van der Waals surface area (Å²) in [4.78, 5) is 13.3. The van der Waals surface area contributed by atoms with Gasteiger partial charge in [-0.15, -0.1) is 0 Å². The number of nitrogen functional groups attached to an aromatic ring is 1. The van der Waals surface area contributed by atoms with Gasteiger partial charge in [0.1, 0.15) is 5.52 Å². The zero-order valence-electron chi connectivity index (χ0n) is 16.7. The Kier molecular flexibility index (Phi) is 5.07. The van der Waals surface area contributed by atoms with Crippen molar-refractivity contribution in [2.45, 2.75) is 58.1 Å². The Morgan fingerprint density at radius 2 is 1.96 bits per heavy atom. The maximum Gasteiger partial charge on any atom is 0.222 e. The number of nitrogens with zero attached hydrogens (tertiary/aromatic N) is 4. The highest BCUT2D eigenvalue weighted by molar-refractivity contribution is 5.75. The average Bonchev–Trinajstić information content (AvgIpc) is 3.32. The van der Waals surface area contributed by atoms with E-state index in [0.29, 0.717) is 6.54 Å². The molecule has 7 nitrogen and oxygen atoms in total. The second-order valence-electron chi connectivity index (χ2n) is 7.68. The smallest absolute Gasteiger partial charge is 0.222 e. The summed E-state index contributed by atoms with van der Waals surface area (Å²) in [7, 11) is 1.67. The van der Waals surface area contributed by atoms with Crippen LogP contribution in [-0.4, -0.2) is 32.7 Å². The van der Waals surface area contributed by atoms with Crippen LogP contribution in [-0.2, 0) is 6.54 Å². The number of imidazole rings is 1. The first-order valence-corrected chi connectivity index (χ1v) is 9.87. The van der Waals surface area contributed by atoms with Crippen LogP contribution in [0.3, 0.4) is 0 Å². The first-order chi connectivity index (χ1) is 13.5. The second-order valence-corrected chi connectivity index (χ2v) is 7.68. The largest absolute Gasteiger partial charge is 0.493 e. The molecule has 0 spiro atoms. The van der Waals surface area contributed by atoms with Crippen LogP contribution in [0.25, 0.3) is 11.2 Å². The Balaban J connectivity index is 1.65. The van der Waals surface area contributed by atoms with Crippen LogP contribution in [0.15, 0.2) is 24.5 Å². The van der Waals surface area contributed by atoms with Gasteiger partial charge in [0, 0.05) is 0 Å². The summed E-state index contributed by atoms with van der Waals surface area (Å²) in [5, 5.41) is 0. The third-order valence-corrected chi connectivity index (χ3v) is 5.23. The van der Waals surface area contributed by atoms with Gasteiger partial charge in [-0.05, 0) is 49.3 Å². The molecule has 1 aliphatic rings. The summed E-state index contributed by atoms with van der Waals surface area (Å²) in [6.45, 7) is 4.78. The number of methoxy groups -OCH3 is 1. The van der Waals surface area contributed by atoms with Crippen molar-refractivity contribution in [2.24, 2.45) is 0 Å². The fourth-order valence-electron chi connectivity index (χ4n) is 3.80. The third-order valence-electron chi connectivity index (χ3n) is 5.23. The molecule has 148 valence electrons. The van der Waals surface area contributed by atoms with E-state index in [0.717, 1.165) is 46.8 Å². The van der Waals surface area contributed by atoms with Crippen LogP contribution >= 0.6 is 0 Å². The van der Waals surface area contributed by atoms with Crippen molar-refractivity contribution in [3.05, 3.63) is 35.8 Å². The molecule has 28 heavy (non-hydrogen) atoms. The Morgan fingerprint density at radius 3 is 2.68 bits per heavy atom. The normalized spacial score (nSPS) is 14.9. The molecule has 0 atom stereocenters. The summed E-state index contributed by atoms with van der Waals surface area (Å²) in [6, 6.07) is 6.05. The Labute approximate surface area is 164 Å². The number of anilines is 1. The molecule has 0 aliphatic heterocycles. The lowest BCUT2D eigenvalue weighted by Gasteiger charge is -2.17. The Bertz CT molecular complexity index is 976. The van der Waals surface area contributed by atoms with Crippen LogP contribution < -0.4 is 15.2 Å². The monoisotopic (exact) mass is 381 g/mol. The van der Waals surface area contributed by atoms with Crippen molar-refractivity contribution in [1.82, 2.24) is 19.5 Å². The predicted molar refractivity (Wildman–Crippen MR) is 109 cm³/mol. The van der Waals surface area contributed by atoms with Crippen LogP contribution in [0.4, 0.5) is 5.95 Å². The molecule has 1 saturated carbocycles. The standard InChI is InChI=1S/C21H27N5O2/c1-13(2)18-19-20(25-21(22)24-18)26(12-23-19)11-14-8-9-16(27-3)17(10-14)28-15-6-4-5-7-15/h8-10,12-13,15H,4-7,11H2,1-3H3,(H2,22,24,25). The molecule has 0 saturated heterocycles. The third kappa shape index (κ3) is 3.61. The molecule has 3 aromatic rings. The van der Waals surface area contributed by atoms with Crippen molar-refractivity contribution in [1.29, 1.82) is 0 Å². The zero-order chi connectivity index (χ0) is 19.7. The van der Waals surface area contributed by atoms with Crippen LogP contribution in [0, 0.1) is 0 Å². The van der Waals surface area contributed by atoms with E-state index in [1.165, 1.54) is 12.8 Å². The summed E-state index contributed by atoms with van der Waals surface area (Å²) >= 11 is 0.